The highest BCUT2D eigenvalue weighted by Gasteiger charge is 2.34. The normalized spacial score (nSPS) is 11.4. The molecule has 0 radical (unpaired) electrons. The van der Waals surface area contributed by atoms with E-state index >= 15 is 0 Å². The zero-order chi connectivity index (χ0) is 19.4. The average molecular weight is 376 g/mol. The fraction of sp³-hybridized carbons (Fsp3) is 0.158. The molecule has 0 fully saturated rings. The highest BCUT2D eigenvalue weighted by molar-refractivity contribution is 5.93. The third-order valence-corrected chi connectivity index (χ3v) is 3.85. The zero-order valence-electron chi connectivity index (χ0n) is 14.0. The number of amides is 1. The van der Waals surface area contributed by atoms with Gasteiger partial charge in [-0.15, -0.1) is 0 Å². The Labute approximate surface area is 152 Å². The fourth-order valence-corrected chi connectivity index (χ4v) is 2.58. The summed E-state index contributed by atoms with van der Waals surface area (Å²) < 4.78 is 44.2. The summed E-state index contributed by atoms with van der Waals surface area (Å²) in [6.45, 7) is 0.267. The maximum absolute atomic E-state index is 13.1. The number of phenolic OH excluding ortho intramolecular Hbond substituents is 1. The van der Waals surface area contributed by atoms with Crippen molar-refractivity contribution in [1.82, 2.24) is 10.5 Å². The maximum Gasteiger partial charge on any atom is 0.417 e. The molecule has 5 nitrogen and oxygen atoms in total. The Kier molecular flexibility index (Phi) is 5.16. The number of aromatic nitrogens is 1. The van der Waals surface area contributed by atoms with Crippen LogP contribution in [0.3, 0.4) is 0 Å². The van der Waals surface area contributed by atoms with E-state index in [-0.39, 0.29) is 29.3 Å². The molecule has 27 heavy (non-hydrogen) atoms. The van der Waals surface area contributed by atoms with Crippen LogP contribution in [0.15, 0.2) is 59.1 Å². The lowest BCUT2D eigenvalue weighted by atomic mass is 10.0. The van der Waals surface area contributed by atoms with Crippen molar-refractivity contribution in [3.63, 3.8) is 0 Å². The summed E-state index contributed by atoms with van der Waals surface area (Å²) in [5.74, 6) is -0.570. The number of carbonyl (C=O) groups is 1. The van der Waals surface area contributed by atoms with E-state index in [1.165, 1.54) is 30.3 Å². The Morgan fingerprint density at radius 1 is 1.11 bits per heavy atom. The number of alkyl halides is 3. The number of rotatable bonds is 5. The molecule has 2 N–H and O–H groups in total. The Balaban J connectivity index is 1.68. The van der Waals surface area contributed by atoms with Crippen LogP contribution in [0, 0.1) is 0 Å². The molecule has 2 aromatic carbocycles. The van der Waals surface area contributed by atoms with Crippen LogP contribution in [0.5, 0.6) is 5.75 Å². The molecule has 0 unspecified atom stereocenters. The smallest absolute Gasteiger partial charge is 0.417 e. The molecule has 1 aromatic heterocycles. The van der Waals surface area contributed by atoms with E-state index in [0.29, 0.717) is 6.42 Å². The van der Waals surface area contributed by atoms with Gasteiger partial charge >= 0.3 is 6.18 Å². The lowest BCUT2D eigenvalue weighted by molar-refractivity contribution is -0.137. The summed E-state index contributed by atoms with van der Waals surface area (Å²) in [6, 6.07) is 12.7. The molecule has 0 aliphatic rings. The molecule has 140 valence electrons. The first-order valence-electron chi connectivity index (χ1n) is 8.04. The Morgan fingerprint density at radius 3 is 2.63 bits per heavy atom. The number of nitrogens with one attached hydrogen (secondary N) is 1. The predicted molar refractivity (Wildman–Crippen MR) is 91.1 cm³/mol. The first-order chi connectivity index (χ1) is 12.8. The molecule has 8 heteroatoms. The number of nitrogens with zero attached hydrogens (tertiary/aromatic N) is 1. The van der Waals surface area contributed by atoms with E-state index in [1.54, 1.807) is 18.2 Å². The SMILES string of the molecule is O=C(NCCc1cccc(O)c1)c1cc(-c2ccccc2C(F)(F)F)on1. The van der Waals surface area contributed by atoms with Gasteiger partial charge in [-0.3, -0.25) is 4.79 Å². The van der Waals surface area contributed by atoms with Crippen LogP contribution in [0.1, 0.15) is 21.6 Å². The second-order valence-corrected chi connectivity index (χ2v) is 5.80. The molecule has 0 saturated heterocycles. The molecule has 3 rings (SSSR count). The molecule has 0 aliphatic heterocycles. The quantitative estimate of drug-likeness (QED) is 0.705. The van der Waals surface area contributed by atoms with Gasteiger partial charge < -0.3 is 14.9 Å². The van der Waals surface area contributed by atoms with Gasteiger partial charge in [0.25, 0.3) is 5.91 Å². The molecule has 0 spiro atoms. The summed E-state index contributed by atoms with van der Waals surface area (Å²) in [6.07, 6.45) is -4.07. The van der Waals surface area contributed by atoms with E-state index in [4.69, 9.17) is 4.52 Å². The number of phenols is 1. The lowest BCUT2D eigenvalue weighted by Crippen LogP contribution is -2.25. The number of benzene rings is 2. The van der Waals surface area contributed by atoms with Crippen molar-refractivity contribution in [1.29, 1.82) is 0 Å². The molecule has 1 amide bonds. The maximum atomic E-state index is 13.1. The Bertz CT molecular complexity index is 951. The van der Waals surface area contributed by atoms with Crippen molar-refractivity contribution < 1.29 is 27.6 Å². The fourth-order valence-electron chi connectivity index (χ4n) is 2.58. The van der Waals surface area contributed by atoms with Gasteiger partial charge in [-0.05, 0) is 30.2 Å². The van der Waals surface area contributed by atoms with Crippen molar-refractivity contribution in [3.05, 3.63) is 71.4 Å². The van der Waals surface area contributed by atoms with Gasteiger partial charge in [-0.1, -0.05) is 35.5 Å². The molecule has 1 heterocycles. The Hall–Kier alpha value is -3.29. The van der Waals surface area contributed by atoms with Gasteiger partial charge in [0.05, 0.1) is 5.56 Å². The largest absolute Gasteiger partial charge is 0.508 e. The van der Waals surface area contributed by atoms with E-state index in [9.17, 15) is 23.1 Å². The van der Waals surface area contributed by atoms with Crippen molar-refractivity contribution in [2.24, 2.45) is 0 Å². The minimum Gasteiger partial charge on any atom is -0.508 e. The molecular formula is C19H15F3N2O3. The summed E-state index contributed by atoms with van der Waals surface area (Å²) in [5.41, 5.74) is -0.332. The van der Waals surface area contributed by atoms with Crippen LogP contribution in [-0.2, 0) is 12.6 Å². The van der Waals surface area contributed by atoms with Gasteiger partial charge in [0.2, 0.25) is 0 Å². The van der Waals surface area contributed by atoms with Crippen LogP contribution < -0.4 is 5.32 Å². The van der Waals surface area contributed by atoms with Crippen molar-refractivity contribution in [2.45, 2.75) is 12.6 Å². The minimum atomic E-state index is -4.55. The Morgan fingerprint density at radius 2 is 1.89 bits per heavy atom. The second-order valence-electron chi connectivity index (χ2n) is 5.80. The first kappa shape index (κ1) is 18.5. The van der Waals surface area contributed by atoms with E-state index in [2.05, 4.69) is 10.5 Å². The standard InChI is InChI=1S/C19H15F3N2O3/c20-19(21,22)15-7-2-1-6-14(15)17-11-16(24-27-17)18(26)23-9-8-12-4-3-5-13(25)10-12/h1-7,10-11,25H,8-9H2,(H,23,26). The molecular weight excluding hydrogens is 361 g/mol. The van der Waals surface area contributed by atoms with Crippen molar-refractivity contribution >= 4 is 5.91 Å². The molecule has 0 bridgehead atoms. The summed E-state index contributed by atoms with van der Waals surface area (Å²) in [7, 11) is 0. The highest BCUT2D eigenvalue weighted by Crippen LogP contribution is 2.37. The first-order valence-corrected chi connectivity index (χ1v) is 8.04. The second kappa shape index (κ2) is 7.53. The monoisotopic (exact) mass is 376 g/mol. The van der Waals surface area contributed by atoms with Crippen LogP contribution in [0.4, 0.5) is 13.2 Å². The van der Waals surface area contributed by atoms with E-state index in [0.717, 1.165) is 11.6 Å². The zero-order valence-corrected chi connectivity index (χ0v) is 14.0. The highest BCUT2D eigenvalue weighted by atomic mass is 19.4. The number of carbonyl (C=O) groups excluding carboxylic acids is 1. The summed E-state index contributed by atoms with van der Waals surface area (Å²) in [5, 5.41) is 15.6. The number of hydrogen-bond donors (Lipinski definition) is 2. The number of aromatic hydroxyl groups is 1. The third kappa shape index (κ3) is 4.46. The van der Waals surface area contributed by atoms with Gasteiger partial charge in [0.1, 0.15) is 5.75 Å². The molecule has 0 aliphatic carbocycles. The van der Waals surface area contributed by atoms with E-state index < -0.39 is 17.6 Å². The van der Waals surface area contributed by atoms with Crippen LogP contribution in [0.25, 0.3) is 11.3 Å². The molecule has 3 aromatic rings. The lowest BCUT2D eigenvalue weighted by Gasteiger charge is -2.09. The third-order valence-electron chi connectivity index (χ3n) is 3.85. The minimum absolute atomic E-state index is 0.113. The summed E-state index contributed by atoms with van der Waals surface area (Å²) >= 11 is 0. The van der Waals surface area contributed by atoms with Gasteiger partial charge in [0.15, 0.2) is 11.5 Å². The predicted octanol–water partition coefficient (Wildman–Crippen LogP) is 4.04. The van der Waals surface area contributed by atoms with Gasteiger partial charge in [-0.25, -0.2) is 0 Å². The summed E-state index contributed by atoms with van der Waals surface area (Å²) in [4.78, 5) is 12.1. The average Bonchev–Trinajstić information content (AvgIpc) is 3.11. The molecule has 0 saturated carbocycles. The number of halogens is 3. The van der Waals surface area contributed by atoms with Crippen molar-refractivity contribution in [3.8, 4) is 17.1 Å². The van der Waals surface area contributed by atoms with Crippen LogP contribution in [0.2, 0.25) is 0 Å². The van der Waals surface area contributed by atoms with E-state index in [1.807, 2.05) is 0 Å². The van der Waals surface area contributed by atoms with Crippen LogP contribution >= 0.6 is 0 Å². The number of hydrogen-bond acceptors (Lipinski definition) is 4. The van der Waals surface area contributed by atoms with Crippen molar-refractivity contribution in [2.75, 3.05) is 6.54 Å². The van der Waals surface area contributed by atoms with Crippen LogP contribution in [-0.4, -0.2) is 22.7 Å². The molecule has 0 atom stereocenters. The van der Waals surface area contributed by atoms with Gasteiger partial charge in [-0.2, -0.15) is 13.2 Å². The van der Waals surface area contributed by atoms with Gasteiger partial charge in [0, 0.05) is 18.2 Å². The topological polar surface area (TPSA) is 75.4 Å².